The summed E-state index contributed by atoms with van der Waals surface area (Å²) in [4.78, 5) is 41.4. The fraction of sp³-hybridized carbons (Fsp3) is 0.105. The van der Waals surface area contributed by atoms with Crippen molar-refractivity contribution in [3.05, 3.63) is 86.1 Å². The number of rotatable bonds is 5. The number of Topliss-reactive ketones (excluding diaryl/α,β-unsaturated/α-hetero) is 1. The third kappa shape index (κ3) is 3.25. The second kappa shape index (κ2) is 7.39. The maximum atomic E-state index is 13.1. The molecule has 9 nitrogen and oxygen atoms in total. The van der Waals surface area contributed by atoms with E-state index in [0.29, 0.717) is 27.7 Å². The van der Waals surface area contributed by atoms with Gasteiger partial charge in [-0.1, -0.05) is 23.7 Å². The quantitative estimate of drug-likeness (QED) is 0.350. The lowest BCUT2D eigenvalue weighted by atomic mass is 9.95. The molecule has 1 atom stereocenters. The Bertz CT molecular complexity index is 1210. The van der Waals surface area contributed by atoms with Crippen molar-refractivity contribution in [3.63, 3.8) is 0 Å². The van der Waals surface area contributed by atoms with Crippen molar-refractivity contribution in [2.75, 3.05) is 4.90 Å². The van der Waals surface area contributed by atoms with Crippen LogP contribution in [-0.4, -0.2) is 26.7 Å². The highest BCUT2D eigenvalue weighted by Gasteiger charge is 2.46. The van der Waals surface area contributed by atoms with Crippen molar-refractivity contribution in [3.8, 4) is 0 Å². The zero-order valence-corrected chi connectivity index (χ0v) is 16.8. The predicted molar refractivity (Wildman–Crippen MR) is 108 cm³/mol. The third-order valence-electron chi connectivity index (χ3n) is 4.47. The van der Waals surface area contributed by atoms with E-state index in [0.717, 1.165) is 11.1 Å². The molecule has 1 aliphatic rings. The number of halogens is 1. The van der Waals surface area contributed by atoms with Gasteiger partial charge in [-0.15, -0.1) is 0 Å². The maximum Gasteiger partial charge on any atom is 0.345 e. The minimum atomic E-state index is -1.07. The number of carbonyl (C=O) groups is 2. The van der Waals surface area contributed by atoms with E-state index in [4.69, 9.17) is 16.0 Å². The number of anilines is 1. The number of furan rings is 1. The summed E-state index contributed by atoms with van der Waals surface area (Å²) in [5.41, 5.74) is 0.246. The number of aliphatic hydroxyl groups is 1. The second-order valence-corrected chi connectivity index (χ2v) is 7.79. The molecule has 3 heterocycles. The van der Waals surface area contributed by atoms with E-state index in [1.165, 1.54) is 6.07 Å². The number of thiazole rings is 1. The summed E-state index contributed by atoms with van der Waals surface area (Å²) in [6, 6.07) is 8.28. The molecular formula is C19H12ClN3O6S. The van der Waals surface area contributed by atoms with Crippen molar-refractivity contribution in [2.45, 2.75) is 13.0 Å². The Labute approximate surface area is 178 Å². The van der Waals surface area contributed by atoms with Gasteiger partial charge in [0, 0.05) is 5.02 Å². The highest BCUT2D eigenvalue weighted by Crippen LogP contribution is 2.44. The topological polar surface area (TPSA) is 127 Å². The Morgan fingerprint density at radius 3 is 2.57 bits per heavy atom. The van der Waals surface area contributed by atoms with Gasteiger partial charge in [-0.05, 0) is 48.1 Å². The zero-order chi connectivity index (χ0) is 21.6. The van der Waals surface area contributed by atoms with Gasteiger partial charge in [-0.25, -0.2) is 4.98 Å². The van der Waals surface area contributed by atoms with Crippen LogP contribution in [0, 0.1) is 17.0 Å². The van der Waals surface area contributed by atoms with E-state index in [9.17, 15) is 24.8 Å². The first-order valence-electron chi connectivity index (χ1n) is 8.51. The van der Waals surface area contributed by atoms with E-state index >= 15 is 0 Å². The number of ketones is 1. The minimum Gasteiger partial charge on any atom is -0.503 e. The molecule has 0 aliphatic carbocycles. The molecule has 2 aromatic heterocycles. The fourth-order valence-electron chi connectivity index (χ4n) is 3.14. The summed E-state index contributed by atoms with van der Waals surface area (Å²) in [6.07, 6.45) is 1.01. The SMILES string of the molecule is Cc1ccc(C(=O)C2=C(O)C(=O)N(c3ncc([N+](=O)[O-])s3)C2c2ccc(Cl)cc2)o1. The molecule has 1 amide bonds. The third-order valence-corrected chi connectivity index (χ3v) is 5.67. The van der Waals surface area contributed by atoms with Gasteiger partial charge in [0.2, 0.25) is 5.78 Å². The number of nitro groups is 1. The molecule has 1 aliphatic heterocycles. The van der Waals surface area contributed by atoms with Crippen LogP contribution in [-0.2, 0) is 4.79 Å². The molecule has 0 radical (unpaired) electrons. The highest BCUT2D eigenvalue weighted by molar-refractivity contribution is 7.18. The van der Waals surface area contributed by atoms with E-state index < -0.39 is 28.4 Å². The largest absolute Gasteiger partial charge is 0.503 e. The number of aliphatic hydroxyl groups excluding tert-OH is 1. The standard InChI is InChI=1S/C19H12ClN3O6S/c1-9-2-7-12(29-9)16(24)14-15(10-3-5-11(20)6-4-10)22(18(26)17(14)25)19-21-8-13(30-19)23(27)28/h2-8,15,25H,1H3. The van der Waals surface area contributed by atoms with Gasteiger partial charge in [0.25, 0.3) is 5.91 Å². The van der Waals surface area contributed by atoms with Gasteiger partial charge >= 0.3 is 5.00 Å². The predicted octanol–water partition coefficient (Wildman–Crippen LogP) is 4.39. The molecule has 30 heavy (non-hydrogen) atoms. The van der Waals surface area contributed by atoms with Gasteiger partial charge in [-0.2, -0.15) is 0 Å². The van der Waals surface area contributed by atoms with Gasteiger partial charge < -0.3 is 9.52 Å². The van der Waals surface area contributed by atoms with Crippen molar-refractivity contribution >= 4 is 44.8 Å². The molecule has 1 aromatic carbocycles. The summed E-state index contributed by atoms with van der Waals surface area (Å²) in [7, 11) is 0. The average molecular weight is 446 g/mol. The van der Waals surface area contributed by atoms with Crippen LogP contribution in [0.3, 0.4) is 0 Å². The Morgan fingerprint density at radius 2 is 2.00 bits per heavy atom. The molecule has 3 aromatic rings. The lowest BCUT2D eigenvalue weighted by Gasteiger charge is -2.24. The molecule has 1 unspecified atom stereocenters. The molecule has 0 saturated carbocycles. The summed E-state index contributed by atoms with van der Waals surface area (Å²) in [6.45, 7) is 1.66. The van der Waals surface area contributed by atoms with Crippen LogP contribution in [0.15, 0.2) is 58.3 Å². The first-order chi connectivity index (χ1) is 14.3. The number of aryl methyl sites for hydroxylation is 1. The first kappa shape index (κ1) is 19.8. The number of carbonyl (C=O) groups excluding carboxylic acids is 2. The molecule has 0 saturated heterocycles. The van der Waals surface area contributed by atoms with Crippen molar-refractivity contribution in [1.29, 1.82) is 0 Å². The zero-order valence-electron chi connectivity index (χ0n) is 15.2. The summed E-state index contributed by atoms with van der Waals surface area (Å²) in [5.74, 6) is -1.91. The van der Waals surface area contributed by atoms with Crippen molar-refractivity contribution < 1.29 is 24.0 Å². The number of aromatic nitrogens is 1. The van der Waals surface area contributed by atoms with E-state index in [1.54, 1.807) is 37.3 Å². The van der Waals surface area contributed by atoms with Crippen LogP contribution < -0.4 is 4.90 Å². The van der Waals surface area contributed by atoms with Crippen LogP contribution in [0.25, 0.3) is 0 Å². The average Bonchev–Trinajstić information content (AvgIpc) is 3.41. The number of amides is 1. The monoisotopic (exact) mass is 445 g/mol. The molecule has 11 heteroatoms. The van der Waals surface area contributed by atoms with Crippen molar-refractivity contribution in [1.82, 2.24) is 4.98 Å². The molecular weight excluding hydrogens is 434 g/mol. The molecule has 1 N–H and O–H groups in total. The first-order valence-corrected chi connectivity index (χ1v) is 9.71. The Morgan fingerprint density at radius 1 is 1.30 bits per heavy atom. The van der Waals surface area contributed by atoms with E-state index in [2.05, 4.69) is 4.98 Å². The van der Waals surface area contributed by atoms with Crippen molar-refractivity contribution in [2.24, 2.45) is 0 Å². The number of hydrogen-bond donors (Lipinski definition) is 1. The van der Waals surface area contributed by atoms with Gasteiger partial charge in [0.05, 0.1) is 16.5 Å². The summed E-state index contributed by atoms with van der Waals surface area (Å²) in [5, 5.41) is 21.7. The Hall–Kier alpha value is -3.50. The van der Waals surface area contributed by atoms with Gasteiger partial charge in [0.15, 0.2) is 16.7 Å². The molecule has 0 bridgehead atoms. The Kier molecular flexibility index (Phi) is 4.88. The second-order valence-electron chi connectivity index (χ2n) is 6.37. The summed E-state index contributed by atoms with van der Waals surface area (Å²) < 4.78 is 5.37. The molecule has 4 rings (SSSR count). The number of benzene rings is 1. The maximum absolute atomic E-state index is 13.1. The summed E-state index contributed by atoms with van der Waals surface area (Å²) >= 11 is 6.61. The van der Waals surface area contributed by atoms with Gasteiger partial charge in [0.1, 0.15) is 12.0 Å². The molecule has 0 spiro atoms. The lowest BCUT2D eigenvalue weighted by molar-refractivity contribution is -0.380. The normalized spacial score (nSPS) is 16.4. The number of hydrogen-bond acceptors (Lipinski definition) is 8. The highest BCUT2D eigenvalue weighted by atomic mass is 35.5. The smallest absolute Gasteiger partial charge is 0.345 e. The molecule has 152 valence electrons. The lowest BCUT2D eigenvalue weighted by Crippen LogP contribution is -2.30. The van der Waals surface area contributed by atoms with Crippen LogP contribution in [0.5, 0.6) is 0 Å². The minimum absolute atomic E-state index is 0.0309. The van der Waals surface area contributed by atoms with Crippen LogP contribution in [0.2, 0.25) is 5.02 Å². The fourth-order valence-corrected chi connectivity index (χ4v) is 4.02. The van der Waals surface area contributed by atoms with Crippen LogP contribution in [0.4, 0.5) is 10.1 Å². The Balaban J connectivity index is 1.86. The molecule has 0 fully saturated rings. The van der Waals surface area contributed by atoms with E-state index in [1.807, 2.05) is 0 Å². The van der Waals surface area contributed by atoms with Crippen LogP contribution in [0.1, 0.15) is 27.9 Å². The van der Waals surface area contributed by atoms with Crippen LogP contribution >= 0.6 is 22.9 Å². The van der Waals surface area contributed by atoms with Gasteiger partial charge in [-0.3, -0.25) is 24.6 Å². The number of nitrogens with zero attached hydrogens (tertiary/aromatic N) is 3. The van der Waals surface area contributed by atoms with E-state index in [-0.39, 0.29) is 21.5 Å².